The maximum atomic E-state index is 5.47. The molecule has 0 saturated carbocycles. The van der Waals surface area contributed by atoms with Crippen molar-refractivity contribution in [2.75, 3.05) is 33.9 Å². The lowest BCUT2D eigenvalue weighted by Gasteiger charge is -2.27. The van der Waals surface area contributed by atoms with Gasteiger partial charge >= 0.3 is 0 Å². The second kappa shape index (κ2) is 6.83. The minimum Gasteiger partial charge on any atom is -0.381 e. The second-order valence-corrected chi connectivity index (χ2v) is 5.07. The highest BCUT2D eigenvalue weighted by Crippen LogP contribution is 2.17. The molecule has 1 fully saturated rings. The van der Waals surface area contributed by atoms with E-state index in [1.165, 1.54) is 12.0 Å². The van der Waals surface area contributed by atoms with Crippen LogP contribution in [0.4, 0.5) is 0 Å². The Bertz CT molecular complexity index is 338. The lowest BCUT2D eigenvalue weighted by atomic mass is 9.98. The van der Waals surface area contributed by atoms with Gasteiger partial charge in [0.1, 0.15) is 0 Å². The fraction of sp³-hybridized carbons (Fsp3) is 0.643. The average Bonchev–Trinajstić information content (AvgIpc) is 2.91. The van der Waals surface area contributed by atoms with Crippen LogP contribution in [0, 0.1) is 5.92 Å². The van der Waals surface area contributed by atoms with Crippen molar-refractivity contribution in [3.05, 3.63) is 30.1 Å². The van der Waals surface area contributed by atoms with Crippen LogP contribution in [0.25, 0.3) is 0 Å². The van der Waals surface area contributed by atoms with Gasteiger partial charge in [-0.25, -0.2) is 0 Å². The Labute approximate surface area is 109 Å². The number of nitrogens with zero attached hydrogens (tertiary/aromatic N) is 2. The maximum absolute atomic E-state index is 5.47. The van der Waals surface area contributed by atoms with Crippen LogP contribution in [0.1, 0.15) is 12.0 Å². The van der Waals surface area contributed by atoms with E-state index < -0.39 is 0 Å². The smallest absolute Gasteiger partial charge is 0.0510 e. The van der Waals surface area contributed by atoms with E-state index in [1.807, 2.05) is 19.4 Å². The van der Waals surface area contributed by atoms with Gasteiger partial charge in [-0.3, -0.25) is 4.98 Å². The molecule has 4 heteroatoms. The average molecular weight is 249 g/mol. The van der Waals surface area contributed by atoms with E-state index in [-0.39, 0.29) is 0 Å². The predicted octanol–water partition coefficient (Wildman–Crippen LogP) is 1.14. The largest absolute Gasteiger partial charge is 0.381 e. The second-order valence-electron chi connectivity index (χ2n) is 5.07. The number of pyridine rings is 1. The zero-order valence-corrected chi connectivity index (χ0v) is 11.3. The fourth-order valence-corrected chi connectivity index (χ4v) is 2.55. The summed E-state index contributed by atoms with van der Waals surface area (Å²) >= 11 is 0. The summed E-state index contributed by atoms with van der Waals surface area (Å²) < 4.78 is 5.47. The molecule has 0 spiro atoms. The Morgan fingerprint density at radius 1 is 1.50 bits per heavy atom. The van der Waals surface area contributed by atoms with Crippen LogP contribution in [0.3, 0.4) is 0 Å². The molecule has 2 rings (SSSR count). The van der Waals surface area contributed by atoms with Gasteiger partial charge in [0.25, 0.3) is 0 Å². The zero-order valence-electron chi connectivity index (χ0n) is 11.3. The van der Waals surface area contributed by atoms with E-state index in [0.29, 0.717) is 12.0 Å². The topological polar surface area (TPSA) is 37.4 Å². The van der Waals surface area contributed by atoms with Crippen LogP contribution in [-0.4, -0.2) is 49.8 Å². The van der Waals surface area contributed by atoms with Crippen molar-refractivity contribution < 1.29 is 4.74 Å². The van der Waals surface area contributed by atoms with Crippen LogP contribution in [-0.2, 0) is 11.3 Å². The molecule has 1 saturated heterocycles. The van der Waals surface area contributed by atoms with Gasteiger partial charge in [0.2, 0.25) is 0 Å². The van der Waals surface area contributed by atoms with Gasteiger partial charge in [0.15, 0.2) is 0 Å². The van der Waals surface area contributed by atoms with Gasteiger partial charge in [0, 0.05) is 44.0 Å². The molecule has 1 aromatic rings. The Morgan fingerprint density at radius 2 is 2.28 bits per heavy atom. The molecular weight excluding hydrogens is 226 g/mol. The Kier molecular flexibility index (Phi) is 5.11. The first-order valence-corrected chi connectivity index (χ1v) is 6.62. The van der Waals surface area contributed by atoms with Crippen LogP contribution in [0.5, 0.6) is 0 Å². The van der Waals surface area contributed by atoms with E-state index in [1.54, 1.807) is 0 Å². The summed E-state index contributed by atoms with van der Waals surface area (Å²) in [5.74, 6) is 0.648. The molecule has 2 unspecified atom stereocenters. The van der Waals surface area contributed by atoms with Gasteiger partial charge in [0.05, 0.1) is 6.61 Å². The Morgan fingerprint density at radius 3 is 2.89 bits per heavy atom. The standard InChI is InChI=1S/C14H23N3O/c1-15-14(13-5-8-18-11-13)10-17(2)9-12-3-6-16-7-4-12/h3-4,6-7,13-15H,5,8-11H2,1-2H3. The van der Waals surface area contributed by atoms with Crippen molar-refractivity contribution in [1.29, 1.82) is 0 Å². The summed E-state index contributed by atoms with van der Waals surface area (Å²) in [4.78, 5) is 6.40. The third-order valence-corrected chi connectivity index (χ3v) is 3.61. The summed E-state index contributed by atoms with van der Waals surface area (Å²) in [6, 6.07) is 4.66. The highest BCUT2D eigenvalue weighted by Gasteiger charge is 2.25. The minimum absolute atomic E-state index is 0.513. The number of nitrogens with one attached hydrogen (secondary N) is 1. The van der Waals surface area contributed by atoms with E-state index in [0.717, 1.165) is 26.3 Å². The molecule has 0 aromatic carbocycles. The first-order valence-electron chi connectivity index (χ1n) is 6.62. The van der Waals surface area contributed by atoms with Crippen LogP contribution >= 0.6 is 0 Å². The van der Waals surface area contributed by atoms with Crippen molar-refractivity contribution in [2.24, 2.45) is 5.92 Å². The molecule has 0 aliphatic carbocycles. The lowest BCUT2D eigenvalue weighted by molar-refractivity contribution is 0.167. The maximum Gasteiger partial charge on any atom is 0.0510 e. The first-order chi connectivity index (χ1) is 8.79. The van der Waals surface area contributed by atoms with Gasteiger partial charge in [-0.1, -0.05) is 0 Å². The zero-order chi connectivity index (χ0) is 12.8. The van der Waals surface area contributed by atoms with Crippen molar-refractivity contribution in [2.45, 2.75) is 19.0 Å². The summed E-state index contributed by atoms with van der Waals surface area (Å²) in [5.41, 5.74) is 1.31. The minimum atomic E-state index is 0.513. The van der Waals surface area contributed by atoms with Crippen molar-refractivity contribution in [1.82, 2.24) is 15.2 Å². The van der Waals surface area contributed by atoms with Gasteiger partial charge in [-0.05, 0) is 38.2 Å². The third kappa shape index (κ3) is 3.77. The first kappa shape index (κ1) is 13.5. The molecule has 4 nitrogen and oxygen atoms in total. The van der Waals surface area contributed by atoms with E-state index in [4.69, 9.17) is 4.74 Å². The highest BCUT2D eigenvalue weighted by molar-refractivity contribution is 5.09. The van der Waals surface area contributed by atoms with E-state index in [9.17, 15) is 0 Å². The molecular formula is C14H23N3O. The van der Waals surface area contributed by atoms with Gasteiger partial charge in [-0.2, -0.15) is 0 Å². The number of hydrogen-bond donors (Lipinski definition) is 1. The molecule has 100 valence electrons. The molecule has 0 amide bonds. The van der Waals surface area contributed by atoms with Crippen molar-refractivity contribution in [3.8, 4) is 0 Å². The fourth-order valence-electron chi connectivity index (χ4n) is 2.55. The summed E-state index contributed by atoms with van der Waals surface area (Å²) in [6.45, 7) is 3.83. The summed E-state index contributed by atoms with van der Waals surface area (Å²) in [7, 11) is 4.21. The van der Waals surface area contributed by atoms with Crippen LogP contribution in [0.15, 0.2) is 24.5 Å². The number of hydrogen-bond acceptors (Lipinski definition) is 4. The number of aromatic nitrogens is 1. The van der Waals surface area contributed by atoms with Crippen LogP contribution < -0.4 is 5.32 Å². The lowest BCUT2D eigenvalue weighted by Crippen LogP contribution is -2.43. The number of rotatable bonds is 6. The summed E-state index contributed by atoms with van der Waals surface area (Å²) in [5, 5.41) is 3.43. The third-order valence-electron chi connectivity index (χ3n) is 3.61. The quantitative estimate of drug-likeness (QED) is 0.820. The van der Waals surface area contributed by atoms with E-state index in [2.05, 4.69) is 34.4 Å². The molecule has 2 atom stereocenters. The molecule has 1 aromatic heterocycles. The molecule has 1 N–H and O–H groups in total. The Balaban J connectivity index is 1.83. The van der Waals surface area contributed by atoms with Gasteiger partial charge < -0.3 is 15.0 Å². The molecule has 1 aliphatic rings. The van der Waals surface area contributed by atoms with E-state index >= 15 is 0 Å². The normalized spacial score (nSPS) is 21.4. The SMILES string of the molecule is CNC(CN(C)Cc1ccncc1)C1CCOC1. The summed E-state index contributed by atoms with van der Waals surface area (Å²) in [6.07, 6.45) is 4.88. The Hall–Kier alpha value is -0.970. The molecule has 18 heavy (non-hydrogen) atoms. The molecule has 1 aliphatic heterocycles. The highest BCUT2D eigenvalue weighted by atomic mass is 16.5. The number of ether oxygens (including phenoxy) is 1. The van der Waals surface area contributed by atoms with Crippen molar-refractivity contribution in [3.63, 3.8) is 0 Å². The van der Waals surface area contributed by atoms with Crippen LogP contribution in [0.2, 0.25) is 0 Å². The number of likely N-dealkylation sites (N-methyl/N-ethyl adjacent to an activating group) is 2. The molecule has 2 heterocycles. The monoisotopic (exact) mass is 249 g/mol. The van der Waals surface area contributed by atoms with Gasteiger partial charge in [-0.15, -0.1) is 0 Å². The van der Waals surface area contributed by atoms with Crippen molar-refractivity contribution >= 4 is 0 Å². The predicted molar refractivity (Wildman–Crippen MR) is 72.3 cm³/mol. The molecule has 0 radical (unpaired) electrons. The molecule has 0 bridgehead atoms.